The van der Waals surface area contributed by atoms with Gasteiger partial charge in [0.25, 0.3) is 0 Å². The summed E-state index contributed by atoms with van der Waals surface area (Å²) >= 11 is 0. The molecular formula is C22H26N4. The summed E-state index contributed by atoms with van der Waals surface area (Å²) in [6, 6.07) is 21.8. The van der Waals surface area contributed by atoms with Crippen molar-refractivity contribution in [3.63, 3.8) is 0 Å². The summed E-state index contributed by atoms with van der Waals surface area (Å²) in [5.41, 5.74) is 4.72. The smallest absolute Gasteiger partial charge is 0.0777 e. The van der Waals surface area contributed by atoms with Crippen molar-refractivity contribution in [3.05, 3.63) is 71.9 Å². The zero-order valence-corrected chi connectivity index (χ0v) is 15.5. The van der Waals surface area contributed by atoms with Crippen LogP contribution in [0.2, 0.25) is 0 Å². The summed E-state index contributed by atoms with van der Waals surface area (Å²) in [4.78, 5) is 9.69. The number of hydrogen-bond donors (Lipinski definition) is 1. The van der Waals surface area contributed by atoms with Crippen molar-refractivity contribution < 1.29 is 0 Å². The number of rotatable bonds is 4. The quantitative estimate of drug-likeness (QED) is 0.785. The summed E-state index contributed by atoms with van der Waals surface area (Å²) in [5.74, 6) is 0. The van der Waals surface area contributed by atoms with Crippen LogP contribution in [0.3, 0.4) is 0 Å². The van der Waals surface area contributed by atoms with Crippen LogP contribution in [-0.2, 0) is 0 Å². The van der Waals surface area contributed by atoms with Crippen LogP contribution in [-0.4, -0.2) is 50.2 Å². The van der Waals surface area contributed by atoms with Gasteiger partial charge in [0.2, 0.25) is 0 Å². The molecule has 4 nitrogen and oxygen atoms in total. The Morgan fingerprint density at radius 3 is 2.38 bits per heavy atom. The van der Waals surface area contributed by atoms with E-state index in [0.717, 1.165) is 37.4 Å². The van der Waals surface area contributed by atoms with E-state index < -0.39 is 0 Å². The lowest BCUT2D eigenvalue weighted by atomic mass is 9.99. The molecule has 4 heteroatoms. The molecule has 0 radical (unpaired) electrons. The van der Waals surface area contributed by atoms with Crippen LogP contribution >= 0.6 is 0 Å². The molecule has 1 aliphatic rings. The Morgan fingerprint density at radius 2 is 1.65 bits per heavy atom. The first-order valence-electron chi connectivity index (χ1n) is 9.30. The number of anilines is 1. The number of nitrogens with zero attached hydrogens (tertiary/aromatic N) is 3. The largest absolute Gasteiger partial charge is 0.378 e. The predicted molar refractivity (Wildman–Crippen MR) is 109 cm³/mol. The Labute approximate surface area is 155 Å². The highest BCUT2D eigenvalue weighted by atomic mass is 15.2. The maximum Gasteiger partial charge on any atom is 0.0777 e. The SMILES string of the molecule is CN(C)c1ccc(C(c2ccc3ccccc3n2)N2CCNCC2)cc1. The minimum absolute atomic E-state index is 0.193. The third-order valence-electron chi connectivity index (χ3n) is 5.14. The van der Waals surface area contributed by atoms with E-state index in [1.165, 1.54) is 16.6 Å². The molecular weight excluding hydrogens is 320 g/mol. The van der Waals surface area contributed by atoms with Crippen molar-refractivity contribution in [2.24, 2.45) is 0 Å². The molecule has 1 N–H and O–H groups in total. The van der Waals surface area contributed by atoms with E-state index in [9.17, 15) is 0 Å². The van der Waals surface area contributed by atoms with Gasteiger partial charge in [-0.2, -0.15) is 0 Å². The number of fused-ring (bicyclic) bond motifs is 1. The second kappa shape index (κ2) is 7.44. The molecule has 1 saturated heterocycles. The van der Waals surface area contributed by atoms with Gasteiger partial charge in [0.1, 0.15) is 0 Å². The zero-order valence-electron chi connectivity index (χ0n) is 15.5. The third kappa shape index (κ3) is 3.43. The van der Waals surface area contributed by atoms with Crippen LogP contribution in [0, 0.1) is 0 Å². The molecule has 1 atom stereocenters. The number of aromatic nitrogens is 1. The van der Waals surface area contributed by atoms with Crippen LogP contribution in [0.1, 0.15) is 17.3 Å². The number of pyridine rings is 1. The summed E-state index contributed by atoms with van der Waals surface area (Å²) in [6.07, 6.45) is 0. The molecule has 1 fully saturated rings. The molecule has 1 unspecified atom stereocenters. The minimum Gasteiger partial charge on any atom is -0.378 e. The molecule has 2 aromatic carbocycles. The Balaban J connectivity index is 1.76. The first kappa shape index (κ1) is 17.0. The molecule has 0 aliphatic carbocycles. The van der Waals surface area contributed by atoms with Gasteiger partial charge in [-0.3, -0.25) is 9.88 Å². The lowest BCUT2D eigenvalue weighted by molar-refractivity contribution is 0.196. The van der Waals surface area contributed by atoms with Crippen molar-refractivity contribution in [2.75, 3.05) is 45.2 Å². The summed E-state index contributed by atoms with van der Waals surface area (Å²) < 4.78 is 0. The number of benzene rings is 2. The average molecular weight is 346 g/mol. The van der Waals surface area contributed by atoms with Crippen molar-refractivity contribution in [2.45, 2.75) is 6.04 Å². The van der Waals surface area contributed by atoms with E-state index in [2.05, 4.69) is 89.9 Å². The van der Waals surface area contributed by atoms with E-state index in [1.807, 2.05) is 0 Å². The molecule has 2 heterocycles. The Kier molecular flexibility index (Phi) is 4.87. The maximum absolute atomic E-state index is 5.01. The number of nitrogens with one attached hydrogen (secondary N) is 1. The van der Waals surface area contributed by atoms with E-state index in [4.69, 9.17) is 4.98 Å². The van der Waals surface area contributed by atoms with Gasteiger partial charge in [-0.15, -0.1) is 0 Å². The van der Waals surface area contributed by atoms with Crippen LogP contribution < -0.4 is 10.2 Å². The third-order valence-corrected chi connectivity index (χ3v) is 5.14. The molecule has 1 aliphatic heterocycles. The highest BCUT2D eigenvalue weighted by molar-refractivity contribution is 5.78. The van der Waals surface area contributed by atoms with Gasteiger partial charge in [-0.25, -0.2) is 0 Å². The molecule has 0 bridgehead atoms. The lowest BCUT2D eigenvalue weighted by Gasteiger charge is -2.35. The Morgan fingerprint density at radius 1 is 0.923 bits per heavy atom. The van der Waals surface area contributed by atoms with Crippen molar-refractivity contribution >= 4 is 16.6 Å². The highest BCUT2D eigenvalue weighted by Crippen LogP contribution is 2.30. The molecule has 0 saturated carbocycles. The van der Waals surface area contributed by atoms with Gasteiger partial charge >= 0.3 is 0 Å². The van der Waals surface area contributed by atoms with E-state index in [-0.39, 0.29) is 6.04 Å². The van der Waals surface area contributed by atoms with E-state index >= 15 is 0 Å². The van der Waals surface area contributed by atoms with Gasteiger partial charge in [-0.1, -0.05) is 36.4 Å². The number of piperazine rings is 1. The summed E-state index contributed by atoms with van der Waals surface area (Å²) in [7, 11) is 4.15. The monoisotopic (exact) mass is 346 g/mol. The van der Waals surface area contributed by atoms with Gasteiger partial charge in [-0.05, 0) is 29.8 Å². The van der Waals surface area contributed by atoms with Crippen molar-refractivity contribution in [1.82, 2.24) is 15.2 Å². The Bertz CT molecular complexity index is 867. The fourth-order valence-corrected chi connectivity index (χ4v) is 3.70. The maximum atomic E-state index is 5.01. The fourth-order valence-electron chi connectivity index (χ4n) is 3.70. The summed E-state index contributed by atoms with van der Waals surface area (Å²) in [5, 5.41) is 4.65. The zero-order chi connectivity index (χ0) is 17.9. The minimum atomic E-state index is 0.193. The van der Waals surface area contributed by atoms with Crippen LogP contribution in [0.4, 0.5) is 5.69 Å². The number of para-hydroxylation sites is 1. The molecule has 26 heavy (non-hydrogen) atoms. The Hall–Kier alpha value is -2.43. The van der Waals surface area contributed by atoms with Gasteiger partial charge in [0, 0.05) is 51.3 Å². The highest BCUT2D eigenvalue weighted by Gasteiger charge is 2.25. The topological polar surface area (TPSA) is 31.4 Å². The van der Waals surface area contributed by atoms with Crippen LogP contribution in [0.25, 0.3) is 10.9 Å². The fraction of sp³-hybridized carbons (Fsp3) is 0.318. The molecule has 0 amide bonds. The van der Waals surface area contributed by atoms with Gasteiger partial charge in [0.15, 0.2) is 0 Å². The molecule has 0 spiro atoms. The standard InChI is InChI=1S/C22H26N4/c1-25(2)19-10-7-18(8-11-19)22(26-15-13-23-14-16-26)21-12-9-17-5-3-4-6-20(17)24-21/h3-12,22-23H,13-16H2,1-2H3. The predicted octanol–water partition coefficient (Wildman–Crippen LogP) is 3.30. The summed E-state index contributed by atoms with van der Waals surface area (Å²) in [6.45, 7) is 4.13. The molecule has 134 valence electrons. The van der Waals surface area contributed by atoms with Crippen LogP contribution in [0.5, 0.6) is 0 Å². The average Bonchev–Trinajstić information content (AvgIpc) is 2.69. The first-order chi connectivity index (χ1) is 12.7. The van der Waals surface area contributed by atoms with Gasteiger partial charge < -0.3 is 10.2 Å². The molecule has 3 aromatic rings. The van der Waals surface area contributed by atoms with Gasteiger partial charge in [0.05, 0.1) is 17.3 Å². The van der Waals surface area contributed by atoms with Crippen LogP contribution in [0.15, 0.2) is 60.7 Å². The molecule has 4 rings (SSSR count). The first-order valence-corrected chi connectivity index (χ1v) is 9.30. The van der Waals surface area contributed by atoms with E-state index in [1.54, 1.807) is 0 Å². The van der Waals surface area contributed by atoms with Crippen molar-refractivity contribution in [1.29, 1.82) is 0 Å². The lowest BCUT2D eigenvalue weighted by Crippen LogP contribution is -2.45. The van der Waals surface area contributed by atoms with E-state index in [0.29, 0.717) is 0 Å². The van der Waals surface area contributed by atoms with Crippen molar-refractivity contribution in [3.8, 4) is 0 Å². The normalized spacial score (nSPS) is 16.5. The second-order valence-corrected chi connectivity index (χ2v) is 7.10. The number of hydrogen-bond acceptors (Lipinski definition) is 4. The second-order valence-electron chi connectivity index (χ2n) is 7.10. The molecule has 1 aromatic heterocycles.